The van der Waals surface area contributed by atoms with E-state index in [4.69, 9.17) is 0 Å². The van der Waals surface area contributed by atoms with Gasteiger partial charge in [-0.05, 0) is 19.1 Å². The molecular formula is C21H19N5. The number of benzene rings is 2. The van der Waals surface area contributed by atoms with Crippen LogP contribution in [0, 0.1) is 6.92 Å². The van der Waals surface area contributed by atoms with Crippen LogP contribution >= 0.6 is 0 Å². The van der Waals surface area contributed by atoms with Gasteiger partial charge in [-0.25, -0.2) is 0 Å². The van der Waals surface area contributed by atoms with E-state index in [2.05, 4.69) is 68.0 Å². The van der Waals surface area contributed by atoms with Crippen molar-refractivity contribution in [2.75, 3.05) is 11.4 Å². The van der Waals surface area contributed by atoms with Crippen LogP contribution in [0.5, 0.6) is 0 Å². The number of aryl methyl sites for hydroxylation is 1. The molecule has 3 heterocycles. The fraction of sp³-hybridized carbons (Fsp3) is 0.190. The minimum atomic E-state index is 0.757. The molecule has 1 aliphatic heterocycles. The number of hydrogen-bond donors (Lipinski definition) is 0. The fourth-order valence-corrected chi connectivity index (χ4v) is 3.71. The Morgan fingerprint density at radius 1 is 0.885 bits per heavy atom. The van der Waals surface area contributed by atoms with Crippen molar-refractivity contribution in [3.8, 4) is 11.4 Å². The second-order valence-corrected chi connectivity index (χ2v) is 6.68. The van der Waals surface area contributed by atoms with Crippen LogP contribution in [0.4, 0.5) is 5.69 Å². The van der Waals surface area contributed by atoms with E-state index >= 15 is 0 Å². The van der Waals surface area contributed by atoms with Gasteiger partial charge >= 0.3 is 0 Å². The Labute approximate surface area is 151 Å². The summed E-state index contributed by atoms with van der Waals surface area (Å²) in [6, 6.07) is 20.8. The monoisotopic (exact) mass is 341 g/mol. The minimum absolute atomic E-state index is 0.757. The van der Waals surface area contributed by atoms with Gasteiger partial charge in [0.05, 0.1) is 12.1 Å². The van der Waals surface area contributed by atoms with E-state index in [1.807, 2.05) is 24.3 Å². The third-order valence-corrected chi connectivity index (χ3v) is 4.95. The van der Waals surface area contributed by atoms with Crippen LogP contribution in [0.3, 0.4) is 0 Å². The molecule has 0 bridgehead atoms. The van der Waals surface area contributed by atoms with Crippen molar-refractivity contribution < 1.29 is 0 Å². The SMILES string of the molecule is Cc1cc(N2CCn3c(nnc3-c3ccccc3)C2)c2ccccc2n1. The van der Waals surface area contributed by atoms with Crippen molar-refractivity contribution in [2.24, 2.45) is 0 Å². The highest BCUT2D eigenvalue weighted by molar-refractivity contribution is 5.92. The molecule has 5 heteroatoms. The molecule has 1 aliphatic rings. The zero-order valence-corrected chi connectivity index (χ0v) is 14.6. The lowest BCUT2D eigenvalue weighted by Crippen LogP contribution is -2.34. The van der Waals surface area contributed by atoms with Gasteiger partial charge in [0.15, 0.2) is 11.6 Å². The van der Waals surface area contributed by atoms with Gasteiger partial charge in [-0.1, -0.05) is 48.5 Å². The van der Waals surface area contributed by atoms with Gasteiger partial charge in [-0.15, -0.1) is 10.2 Å². The smallest absolute Gasteiger partial charge is 0.164 e. The van der Waals surface area contributed by atoms with E-state index in [1.54, 1.807) is 0 Å². The van der Waals surface area contributed by atoms with Crippen LogP contribution in [-0.2, 0) is 13.1 Å². The first-order valence-corrected chi connectivity index (χ1v) is 8.88. The topological polar surface area (TPSA) is 46.8 Å². The van der Waals surface area contributed by atoms with Gasteiger partial charge in [0.1, 0.15) is 0 Å². The number of rotatable bonds is 2. The highest BCUT2D eigenvalue weighted by Crippen LogP contribution is 2.30. The Balaban J connectivity index is 1.54. The molecule has 0 amide bonds. The largest absolute Gasteiger partial charge is 0.362 e. The molecule has 0 radical (unpaired) electrons. The lowest BCUT2D eigenvalue weighted by molar-refractivity contribution is 0.564. The number of nitrogens with zero attached hydrogens (tertiary/aromatic N) is 5. The van der Waals surface area contributed by atoms with Gasteiger partial charge in [0.2, 0.25) is 0 Å². The van der Waals surface area contributed by atoms with Crippen molar-refractivity contribution in [1.29, 1.82) is 0 Å². The first kappa shape index (κ1) is 15.1. The number of fused-ring (bicyclic) bond motifs is 2. The number of para-hydroxylation sites is 1. The quantitative estimate of drug-likeness (QED) is 0.556. The van der Waals surface area contributed by atoms with Crippen molar-refractivity contribution >= 4 is 16.6 Å². The summed E-state index contributed by atoms with van der Waals surface area (Å²) in [6.07, 6.45) is 0. The zero-order valence-electron chi connectivity index (χ0n) is 14.6. The standard InChI is InChI=1S/C21H19N5/c1-15-13-19(17-9-5-6-10-18(17)22-15)25-11-12-26-20(14-25)23-24-21(26)16-7-3-2-4-8-16/h2-10,13H,11-12,14H2,1H3. The minimum Gasteiger partial charge on any atom is -0.362 e. The van der Waals surface area contributed by atoms with Crippen molar-refractivity contribution in [1.82, 2.24) is 19.7 Å². The van der Waals surface area contributed by atoms with Crippen LogP contribution < -0.4 is 4.90 Å². The molecule has 0 spiro atoms. The van der Waals surface area contributed by atoms with Crippen molar-refractivity contribution in [3.63, 3.8) is 0 Å². The van der Waals surface area contributed by atoms with Crippen molar-refractivity contribution in [2.45, 2.75) is 20.0 Å². The Bertz CT molecular complexity index is 1080. The van der Waals surface area contributed by atoms with Crippen molar-refractivity contribution in [3.05, 3.63) is 72.2 Å². The molecular weight excluding hydrogens is 322 g/mol. The Hall–Kier alpha value is -3.21. The summed E-state index contributed by atoms with van der Waals surface area (Å²) in [5, 5.41) is 10.1. The zero-order chi connectivity index (χ0) is 17.5. The molecule has 5 rings (SSSR count). The summed E-state index contributed by atoms with van der Waals surface area (Å²) in [4.78, 5) is 7.04. The number of aromatic nitrogens is 4. The molecule has 128 valence electrons. The summed E-state index contributed by atoms with van der Waals surface area (Å²) < 4.78 is 2.24. The third kappa shape index (κ3) is 2.44. The van der Waals surface area contributed by atoms with Gasteiger partial charge in [-0.3, -0.25) is 4.98 Å². The molecule has 0 fully saturated rings. The number of pyridine rings is 1. The molecule has 0 aliphatic carbocycles. The average molecular weight is 341 g/mol. The number of anilines is 1. The fourth-order valence-electron chi connectivity index (χ4n) is 3.71. The van der Waals surface area contributed by atoms with Gasteiger partial charge in [0.25, 0.3) is 0 Å². The van der Waals surface area contributed by atoms with Crippen LogP contribution in [-0.4, -0.2) is 26.3 Å². The lowest BCUT2D eigenvalue weighted by atomic mass is 10.1. The second-order valence-electron chi connectivity index (χ2n) is 6.68. The molecule has 26 heavy (non-hydrogen) atoms. The van der Waals surface area contributed by atoms with E-state index in [0.29, 0.717) is 0 Å². The van der Waals surface area contributed by atoms with Gasteiger partial charge < -0.3 is 9.47 Å². The summed E-state index contributed by atoms with van der Waals surface area (Å²) >= 11 is 0. The predicted octanol–water partition coefficient (Wildman–Crippen LogP) is 3.82. The highest BCUT2D eigenvalue weighted by Gasteiger charge is 2.23. The Morgan fingerprint density at radius 2 is 1.69 bits per heavy atom. The Kier molecular flexibility index (Phi) is 3.45. The first-order chi connectivity index (χ1) is 12.8. The molecule has 0 unspecified atom stereocenters. The molecule has 0 saturated heterocycles. The summed E-state index contributed by atoms with van der Waals surface area (Å²) in [5.41, 5.74) is 4.42. The molecule has 4 aromatic rings. The second kappa shape index (κ2) is 5.95. The van der Waals surface area contributed by atoms with E-state index in [0.717, 1.165) is 48.1 Å². The van der Waals surface area contributed by atoms with E-state index < -0.39 is 0 Å². The maximum absolute atomic E-state index is 4.66. The van der Waals surface area contributed by atoms with Gasteiger partial charge in [0, 0.05) is 35.4 Å². The van der Waals surface area contributed by atoms with Crippen LogP contribution in [0.25, 0.3) is 22.3 Å². The Morgan fingerprint density at radius 3 is 2.58 bits per heavy atom. The highest BCUT2D eigenvalue weighted by atomic mass is 15.3. The molecule has 0 atom stereocenters. The average Bonchev–Trinajstić information content (AvgIpc) is 3.11. The molecule has 0 N–H and O–H groups in total. The maximum Gasteiger partial charge on any atom is 0.164 e. The molecule has 2 aromatic carbocycles. The molecule has 5 nitrogen and oxygen atoms in total. The number of hydrogen-bond acceptors (Lipinski definition) is 4. The third-order valence-electron chi connectivity index (χ3n) is 4.95. The van der Waals surface area contributed by atoms with Crippen LogP contribution in [0.15, 0.2) is 60.7 Å². The van der Waals surface area contributed by atoms with Gasteiger partial charge in [-0.2, -0.15) is 0 Å². The molecule has 2 aromatic heterocycles. The lowest BCUT2D eigenvalue weighted by Gasteiger charge is -2.30. The van der Waals surface area contributed by atoms with E-state index in [9.17, 15) is 0 Å². The van der Waals surface area contributed by atoms with Crippen LogP contribution in [0.1, 0.15) is 11.5 Å². The normalized spacial score (nSPS) is 13.8. The van der Waals surface area contributed by atoms with E-state index in [-0.39, 0.29) is 0 Å². The van der Waals surface area contributed by atoms with Crippen LogP contribution in [0.2, 0.25) is 0 Å². The maximum atomic E-state index is 4.66. The summed E-state index contributed by atoms with van der Waals surface area (Å²) in [5.74, 6) is 1.96. The van der Waals surface area contributed by atoms with E-state index in [1.165, 1.54) is 11.1 Å². The summed E-state index contributed by atoms with van der Waals surface area (Å²) in [7, 11) is 0. The predicted molar refractivity (Wildman–Crippen MR) is 103 cm³/mol. The first-order valence-electron chi connectivity index (χ1n) is 8.88. The summed E-state index contributed by atoms with van der Waals surface area (Å²) in [6.45, 7) is 4.61. The molecule has 0 saturated carbocycles.